The van der Waals surface area contributed by atoms with Crippen LogP contribution in [0.25, 0.3) is 0 Å². The lowest BCUT2D eigenvalue weighted by molar-refractivity contribution is -0.671. The molecule has 0 aliphatic rings. The molecule has 0 unspecified atom stereocenters. The lowest BCUT2D eigenvalue weighted by Gasteiger charge is -2.08. The number of rotatable bonds is 2. The average Bonchev–Trinajstić information content (AvgIpc) is 2.10. The molecule has 0 aromatic carbocycles. The van der Waals surface area contributed by atoms with E-state index in [-0.39, 0.29) is 12.4 Å². The van der Waals surface area contributed by atoms with Crippen LogP contribution in [0.5, 0.6) is 0 Å². The molecule has 1 aromatic heterocycles. The van der Waals surface area contributed by atoms with Gasteiger partial charge in [-0.25, -0.2) is 9.13 Å². The van der Waals surface area contributed by atoms with Gasteiger partial charge in [-0.3, -0.25) is 0 Å². The van der Waals surface area contributed by atoms with Crippen LogP contribution >= 0.6 is 11.1 Å². The van der Waals surface area contributed by atoms with E-state index in [9.17, 15) is 0 Å². The first-order chi connectivity index (χ1) is 4.97. The van der Waals surface area contributed by atoms with Crippen molar-refractivity contribution < 1.29 is 17.0 Å². The number of nitrogens with zero attached hydrogens (tertiary/aromatic N) is 2. The molecule has 0 atom stereocenters. The highest BCUT2D eigenvalue weighted by Gasteiger charge is 2.20. The molecule has 5 heteroatoms. The van der Waals surface area contributed by atoms with Gasteiger partial charge in [-0.15, -0.1) is 0 Å². The summed E-state index contributed by atoms with van der Waals surface area (Å²) in [5.74, 6) is 0. The Labute approximate surface area is 85.3 Å². The molecule has 0 amide bonds. The molecule has 0 N–H and O–H groups in total. The molecule has 0 radical (unpaired) electrons. The molecule has 2 nitrogen and oxygen atoms in total. The first-order valence-electron chi connectivity index (χ1n) is 3.67. The van der Waals surface area contributed by atoms with Crippen molar-refractivity contribution in [2.45, 2.75) is 19.3 Å². The van der Waals surface area contributed by atoms with E-state index in [2.05, 4.69) is 30.2 Å². The van der Waals surface area contributed by atoms with E-state index in [0.29, 0.717) is 0 Å². The largest absolute Gasteiger partial charge is 1.00 e. The van der Waals surface area contributed by atoms with Crippen LogP contribution in [0.15, 0.2) is 18.7 Å². The fourth-order valence-electron chi connectivity index (χ4n) is 1.03. The van der Waals surface area contributed by atoms with Gasteiger partial charge < -0.3 is 12.4 Å². The van der Waals surface area contributed by atoms with Crippen molar-refractivity contribution in [1.82, 2.24) is 4.57 Å². The molecule has 1 rings (SSSR count). The van der Waals surface area contributed by atoms with Gasteiger partial charge in [0.05, 0.1) is 13.2 Å². The smallest absolute Gasteiger partial charge is 0.243 e. The Morgan fingerprint density at radius 1 is 1.50 bits per heavy atom. The van der Waals surface area contributed by atoms with Crippen LogP contribution in [-0.2, 0) is 13.2 Å². The Hall–Kier alpha value is 0.00688. The van der Waals surface area contributed by atoms with Crippen molar-refractivity contribution >= 4 is 18.5 Å². The van der Waals surface area contributed by atoms with Gasteiger partial charge in [0.2, 0.25) is 6.33 Å². The van der Waals surface area contributed by atoms with Crippen LogP contribution in [-0.4, -0.2) is 12.0 Å². The zero-order chi connectivity index (χ0) is 8.48. The molecule has 12 heavy (non-hydrogen) atoms. The molecule has 0 fully saturated rings. The third kappa shape index (κ3) is 4.14. The number of imidazole rings is 1. The number of halogens is 2. The summed E-state index contributed by atoms with van der Waals surface area (Å²) in [4.78, 5) is 0. The van der Waals surface area contributed by atoms with Gasteiger partial charge in [0.1, 0.15) is 12.4 Å². The molecule has 0 aliphatic heterocycles. The van der Waals surface area contributed by atoms with Crippen molar-refractivity contribution in [2.24, 2.45) is 7.05 Å². The predicted molar refractivity (Wildman–Crippen MR) is 48.9 cm³/mol. The summed E-state index contributed by atoms with van der Waals surface area (Å²) in [5.41, 5.74) is 0. The standard InChI is InChI=1S/C7H14ClN2Si.ClH/c1-9-4-5-10(6-9)7-11(2,3)8;/h4-6H,7H2,1-3H3;1H/q+1;/p-1. The summed E-state index contributed by atoms with van der Waals surface area (Å²) in [5, 5.41) is 0. The summed E-state index contributed by atoms with van der Waals surface area (Å²) in [7, 11) is 0.550. The lowest BCUT2D eigenvalue weighted by Crippen LogP contribution is -3.00. The minimum Gasteiger partial charge on any atom is -1.00 e. The van der Waals surface area contributed by atoms with Gasteiger partial charge in [-0.05, 0) is 0 Å². The highest BCUT2D eigenvalue weighted by Crippen LogP contribution is 2.09. The predicted octanol–water partition coefficient (Wildman–Crippen LogP) is -1.70. The summed E-state index contributed by atoms with van der Waals surface area (Å²) in [6.07, 6.45) is 7.11. The maximum absolute atomic E-state index is 6.19. The molecule has 1 aromatic rings. The van der Waals surface area contributed by atoms with Gasteiger partial charge in [0, 0.05) is 0 Å². The molecular weight excluding hydrogens is 211 g/mol. The molecule has 1 heterocycles. The van der Waals surface area contributed by atoms with E-state index in [4.69, 9.17) is 11.1 Å². The highest BCUT2D eigenvalue weighted by molar-refractivity contribution is 7.18. The van der Waals surface area contributed by atoms with Crippen molar-refractivity contribution in [1.29, 1.82) is 0 Å². The SMILES string of the molecule is C[n+]1ccn(C[Si](C)(C)Cl)c1.[Cl-]. The van der Waals surface area contributed by atoms with Crippen molar-refractivity contribution in [2.75, 3.05) is 0 Å². The van der Waals surface area contributed by atoms with Gasteiger partial charge in [0.25, 0.3) is 0 Å². The first-order valence-corrected chi connectivity index (χ1v) is 7.89. The van der Waals surface area contributed by atoms with Crippen LogP contribution in [0.1, 0.15) is 0 Å². The number of hydrogen-bond acceptors (Lipinski definition) is 0. The fourth-order valence-corrected chi connectivity index (χ4v) is 2.50. The number of aromatic nitrogens is 2. The second-order valence-corrected chi connectivity index (χ2v) is 10.3. The van der Waals surface area contributed by atoms with E-state index in [1.54, 1.807) is 0 Å². The van der Waals surface area contributed by atoms with Crippen molar-refractivity contribution in [3.8, 4) is 0 Å². The molecule has 0 saturated heterocycles. The Kier molecular flexibility index (Phi) is 4.30. The molecule has 0 saturated carbocycles. The summed E-state index contributed by atoms with van der Waals surface area (Å²) < 4.78 is 4.16. The fraction of sp³-hybridized carbons (Fsp3) is 0.571. The first kappa shape index (κ1) is 12.0. The summed E-state index contributed by atoms with van der Waals surface area (Å²) in [6.45, 7) is 4.29. The lowest BCUT2D eigenvalue weighted by atomic mass is 10.9. The monoisotopic (exact) mass is 224 g/mol. The number of aryl methyl sites for hydroxylation is 1. The molecule has 0 aliphatic carbocycles. The van der Waals surface area contributed by atoms with Gasteiger partial charge in [0.15, 0.2) is 7.38 Å². The normalized spacial score (nSPS) is 11.0. The van der Waals surface area contributed by atoms with Crippen LogP contribution in [0.3, 0.4) is 0 Å². The van der Waals surface area contributed by atoms with Crippen LogP contribution in [0, 0.1) is 0 Å². The third-order valence-electron chi connectivity index (χ3n) is 1.38. The maximum Gasteiger partial charge on any atom is 0.243 e. The Morgan fingerprint density at radius 3 is 2.42 bits per heavy atom. The van der Waals surface area contributed by atoms with Gasteiger partial charge in [-0.1, -0.05) is 13.1 Å². The Bertz CT molecular complexity index is 242. The quantitative estimate of drug-likeness (QED) is 0.322. The molecule has 70 valence electrons. The second-order valence-electron chi connectivity index (χ2n) is 3.47. The van der Waals surface area contributed by atoms with E-state index in [1.807, 2.05) is 17.8 Å². The topological polar surface area (TPSA) is 8.81 Å². The Morgan fingerprint density at radius 2 is 2.08 bits per heavy atom. The third-order valence-corrected chi connectivity index (χ3v) is 2.86. The minimum atomic E-state index is -1.46. The highest BCUT2D eigenvalue weighted by atomic mass is 35.6. The van der Waals surface area contributed by atoms with Crippen LogP contribution in [0.2, 0.25) is 13.1 Å². The van der Waals surface area contributed by atoms with E-state index in [1.165, 1.54) is 0 Å². The van der Waals surface area contributed by atoms with Crippen molar-refractivity contribution in [3.05, 3.63) is 18.7 Å². The molecule has 0 spiro atoms. The molecule has 0 bridgehead atoms. The summed E-state index contributed by atoms with van der Waals surface area (Å²) in [6, 6.07) is 0. The van der Waals surface area contributed by atoms with E-state index >= 15 is 0 Å². The van der Waals surface area contributed by atoms with Crippen LogP contribution < -0.4 is 17.0 Å². The van der Waals surface area contributed by atoms with Gasteiger partial charge >= 0.3 is 0 Å². The second kappa shape index (κ2) is 4.30. The van der Waals surface area contributed by atoms with E-state index in [0.717, 1.165) is 6.17 Å². The number of hydrogen-bond donors (Lipinski definition) is 0. The summed E-state index contributed by atoms with van der Waals surface area (Å²) >= 11 is 6.19. The Balaban J connectivity index is 0.00000121. The minimum absolute atomic E-state index is 0. The average molecular weight is 225 g/mol. The van der Waals surface area contributed by atoms with E-state index < -0.39 is 7.38 Å². The zero-order valence-corrected chi connectivity index (χ0v) is 10.1. The van der Waals surface area contributed by atoms with Crippen molar-refractivity contribution in [3.63, 3.8) is 0 Å². The maximum atomic E-state index is 6.19. The molecular formula is C7H14Cl2N2Si. The van der Waals surface area contributed by atoms with Gasteiger partial charge in [-0.2, -0.15) is 11.1 Å². The van der Waals surface area contributed by atoms with Crippen LogP contribution in [0.4, 0.5) is 0 Å². The zero-order valence-electron chi connectivity index (χ0n) is 7.59.